The zero-order chi connectivity index (χ0) is 13.0. The lowest BCUT2D eigenvalue weighted by Crippen LogP contribution is -2.51. The van der Waals surface area contributed by atoms with Crippen molar-refractivity contribution < 1.29 is 4.79 Å². The summed E-state index contributed by atoms with van der Waals surface area (Å²) in [4.78, 5) is 12.0. The number of benzene rings is 1. The molecule has 0 saturated heterocycles. The molecular formula is C14H20ClIN2O. The van der Waals surface area contributed by atoms with Gasteiger partial charge in [-0.25, -0.2) is 0 Å². The summed E-state index contributed by atoms with van der Waals surface area (Å²) in [6.07, 6.45) is 5.65. The van der Waals surface area contributed by atoms with Crippen molar-refractivity contribution >= 4 is 40.9 Å². The van der Waals surface area contributed by atoms with Gasteiger partial charge in [0, 0.05) is 21.2 Å². The minimum atomic E-state index is -0.197. The quantitative estimate of drug-likeness (QED) is 0.774. The van der Waals surface area contributed by atoms with Gasteiger partial charge in [0.25, 0.3) is 5.91 Å². The van der Waals surface area contributed by atoms with E-state index in [1.807, 2.05) is 24.3 Å². The monoisotopic (exact) mass is 394 g/mol. The zero-order valence-corrected chi connectivity index (χ0v) is 13.8. The smallest absolute Gasteiger partial charge is 0.251 e. The van der Waals surface area contributed by atoms with Gasteiger partial charge in [-0.2, -0.15) is 0 Å². The lowest BCUT2D eigenvalue weighted by atomic mass is 9.82. The summed E-state index contributed by atoms with van der Waals surface area (Å²) in [6.45, 7) is 0.581. The summed E-state index contributed by atoms with van der Waals surface area (Å²) >= 11 is 2.23. The Kier molecular flexibility index (Phi) is 6.56. The number of carbonyl (C=O) groups is 1. The highest BCUT2D eigenvalue weighted by Gasteiger charge is 2.27. The first-order chi connectivity index (χ1) is 8.59. The predicted molar refractivity (Wildman–Crippen MR) is 88.7 cm³/mol. The Morgan fingerprint density at radius 2 is 1.79 bits per heavy atom. The van der Waals surface area contributed by atoms with Gasteiger partial charge in [0.2, 0.25) is 0 Å². The van der Waals surface area contributed by atoms with Crippen molar-refractivity contribution in [1.29, 1.82) is 0 Å². The van der Waals surface area contributed by atoms with Crippen molar-refractivity contribution in [2.75, 3.05) is 6.54 Å². The first-order valence-corrected chi connectivity index (χ1v) is 7.50. The lowest BCUT2D eigenvalue weighted by molar-refractivity contribution is 0.0937. The van der Waals surface area contributed by atoms with Crippen molar-refractivity contribution in [3.8, 4) is 0 Å². The van der Waals surface area contributed by atoms with Gasteiger partial charge in [-0.1, -0.05) is 19.3 Å². The molecule has 0 unspecified atom stereocenters. The van der Waals surface area contributed by atoms with Gasteiger partial charge in [0.1, 0.15) is 0 Å². The third-order valence-electron chi connectivity index (χ3n) is 3.56. The molecule has 1 aliphatic carbocycles. The fourth-order valence-corrected chi connectivity index (χ4v) is 2.75. The van der Waals surface area contributed by atoms with Crippen LogP contribution in [0.1, 0.15) is 42.5 Å². The Bertz CT molecular complexity index is 416. The number of rotatable bonds is 3. The highest BCUT2D eigenvalue weighted by Crippen LogP contribution is 2.25. The second kappa shape index (κ2) is 7.45. The second-order valence-electron chi connectivity index (χ2n) is 5.11. The van der Waals surface area contributed by atoms with Crippen LogP contribution >= 0.6 is 35.0 Å². The van der Waals surface area contributed by atoms with E-state index < -0.39 is 0 Å². The highest BCUT2D eigenvalue weighted by molar-refractivity contribution is 14.1. The third kappa shape index (κ3) is 4.93. The molecule has 19 heavy (non-hydrogen) atoms. The van der Waals surface area contributed by atoms with Crippen molar-refractivity contribution in [1.82, 2.24) is 5.32 Å². The van der Waals surface area contributed by atoms with E-state index >= 15 is 0 Å². The molecule has 1 aromatic rings. The molecule has 3 nitrogen and oxygen atoms in total. The third-order valence-corrected chi connectivity index (χ3v) is 4.28. The van der Waals surface area contributed by atoms with Gasteiger partial charge in [0.05, 0.1) is 0 Å². The van der Waals surface area contributed by atoms with Crippen molar-refractivity contribution in [2.45, 2.75) is 37.6 Å². The van der Waals surface area contributed by atoms with E-state index in [4.69, 9.17) is 5.73 Å². The van der Waals surface area contributed by atoms with Crippen LogP contribution < -0.4 is 11.1 Å². The minimum absolute atomic E-state index is 0. The fourth-order valence-electron chi connectivity index (χ4n) is 2.39. The highest BCUT2D eigenvalue weighted by atomic mass is 127. The van der Waals surface area contributed by atoms with Crippen LogP contribution in [0, 0.1) is 3.57 Å². The van der Waals surface area contributed by atoms with Gasteiger partial charge >= 0.3 is 0 Å². The van der Waals surface area contributed by atoms with Gasteiger partial charge in [-0.15, -0.1) is 12.4 Å². The summed E-state index contributed by atoms with van der Waals surface area (Å²) < 4.78 is 1.13. The molecule has 106 valence electrons. The van der Waals surface area contributed by atoms with E-state index in [0.29, 0.717) is 12.1 Å². The standard InChI is InChI=1S/C14H19IN2O.ClH/c15-12-6-4-11(5-7-12)13(18)17-10-14(16)8-2-1-3-9-14;/h4-7H,1-3,8-10,16H2,(H,17,18);1H. The van der Waals surface area contributed by atoms with E-state index in [0.717, 1.165) is 16.4 Å². The second-order valence-corrected chi connectivity index (χ2v) is 6.36. The number of halogens is 2. The maximum absolute atomic E-state index is 12.0. The number of hydrogen-bond donors (Lipinski definition) is 2. The number of hydrogen-bond acceptors (Lipinski definition) is 2. The van der Waals surface area contributed by atoms with E-state index in [2.05, 4.69) is 27.9 Å². The first kappa shape index (κ1) is 16.7. The average molecular weight is 395 g/mol. The molecule has 2 rings (SSSR count). The van der Waals surface area contributed by atoms with Gasteiger partial charge in [0.15, 0.2) is 0 Å². The number of carbonyl (C=O) groups excluding carboxylic acids is 1. The Morgan fingerprint density at radius 3 is 2.37 bits per heavy atom. The molecule has 0 spiro atoms. The van der Waals surface area contributed by atoms with Crippen LogP contribution in [0.15, 0.2) is 24.3 Å². The maximum Gasteiger partial charge on any atom is 0.251 e. The number of nitrogens with two attached hydrogens (primary N) is 1. The molecule has 3 N–H and O–H groups in total. The van der Waals surface area contributed by atoms with E-state index in [-0.39, 0.29) is 23.9 Å². The molecule has 1 fully saturated rings. The van der Waals surface area contributed by atoms with E-state index in [1.165, 1.54) is 19.3 Å². The first-order valence-electron chi connectivity index (χ1n) is 6.42. The lowest BCUT2D eigenvalue weighted by Gasteiger charge is -2.33. The topological polar surface area (TPSA) is 55.1 Å². The van der Waals surface area contributed by atoms with Crippen molar-refractivity contribution in [3.63, 3.8) is 0 Å². The molecule has 1 saturated carbocycles. The van der Waals surface area contributed by atoms with Crippen molar-refractivity contribution in [2.24, 2.45) is 5.73 Å². The van der Waals surface area contributed by atoms with Gasteiger partial charge < -0.3 is 11.1 Å². The molecule has 0 heterocycles. The van der Waals surface area contributed by atoms with Crippen LogP contribution in [0.25, 0.3) is 0 Å². The summed E-state index contributed by atoms with van der Waals surface area (Å²) in [5.41, 5.74) is 6.80. The Hall–Kier alpha value is -0.330. The van der Waals surface area contributed by atoms with Crippen LogP contribution in [-0.4, -0.2) is 18.0 Å². The summed E-state index contributed by atoms with van der Waals surface area (Å²) in [5.74, 6) is -0.0261. The SMILES string of the molecule is Cl.NC1(CNC(=O)c2ccc(I)cc2)CCCCC1. The Morgan fingerprint density at radius 1 is 1.21 bits per heavy atom. The molecule has 0 aliphatic heterocycles. The van der Waals surface area contributed by atoms with E-state index in [9.17, 15) is 4.79 Å². The molecule has 1 aromatic carbocycles. The molecule has 0 bridgehead atoms. The largest absolute Gasteiger partial charge is 0.350 e. The molecule has 0 atom stereocenters. The Labute approximate surface area is 134 Å². The molecule has 1 amide bonds. The fraction of sp³-hybridized carbons (Fsp3) is 0.500. The van der Waals surface area contributed by atoms with Crippen LogP contribution in [0.4, 0.5) is 0 Å². The predicted octanol–water partition coefficient (Wildman–Crippen LogP) is 3.10. The Balaban J connectivity index is 0.00000180. The zero-order valence-electron chi connectivity index (χ0n) is 10.8. The normalized spacial score (nSPS) is 17.4. The molecule has 5 heteroatoms. The van der Waals surface area contributed by atoms with Crippen LogP contribution in [0.2, 0.25) is 0 Å². The minimum Gasteiger partial charge on any atom is -0.350 e. The molecule has 0 radical (unpaired) electrons. The summed E-state index contributed by atoms with van der Waals surface area (Å²) in [6, 6.07) is 7.57. The molecular weight excluding hydrogens is 375 g/mol. The maximum atomic E-state index is 12.0. The number of amides is 1. The molecule has 0 aromatic heterocycles. The van der Waals surface area contributed by atoms with Crippen LogP contribution in [0.5, 0.6) is 0 Å². The van der Waals surface area contributed by atoms with Gasteiger partial charge in [-0.3, -0.25) is 4.79 Å². The number of nitrogens with one attached hydrogen (secondary N) is 1. The van der Waals surface area contributed by atoms with Crippen molar-refractivity contribution in [3.05, 3.63) is 33.4 Å². The summed E-state index contributed by atoms with van der Waals surface area (Å²) in [5, 5.41) is 2.96. The summed E-state index contributed by atoms with van der Waals surface area (Å²) in [7, 11) is 0. The van der Waals surface area contributed by atoms with Crippen LogP contribution in [0.3, 0.4) is 0 Å². The van der Waals surface area contributed by atoms with Gasteiger partial charge in [-0.05, 0) is 59.7 Å². The average Bonchev–Trinajstić information content (AvgIpc) is 2.38. The van der Waals surface area contributed by atoms with E-state index in [1.54, 1.807) is 0 Å². The molecule has 1 aliphatic rings. The van der Waals surface area contributed by atoms with Crippen LogP contribution in [-0.2, 0) is 0 Å².